The summed E-state index contributed by atoms with van der Waals surface area (Å²) >= 11 is 0. The van der Waals surface area contributed by atoms with Crippen LogP contribution in [0, 0.1) is 0 Å². The number of aliphatic imine (C=N–C) groups is 3. The van der Waals surface area contributed by atoms with Gasteiger partial charge in [-0.25, -0.2) is 15.0 Å². The SMILES string of the molecule is C=N/C(=N\C(=NCc1ccccc1)N1c2ccccc2-c2nc3ccccc3n2-c2ccccc21)c1ccccc1. The van der Waals surface area contributed by atoms with E-state index in [0.717, 1.165) is 50.6 Å². The molecule has 1 aliphatic heterocycles. The zero-order valence-electron chi connectivity index (χ0n) is 22.3. The standard InChI is InChI=1S/C35H26N6/c1-36-33(26-16-6-3-7-17-26)39-35(37-24-25-14-4-2-5-15-25)41-29-20-10-8-18-27(29)34-38-28-19-9-11-21-30(28)40(34)31-22-12-13-23-32(31)41/h2-23H,1,24H2/b37-35?,39-33-. The largest absolute Gasteiger partial charge is 0.290 e. The number of imidazole rings is 1. The van der Waals surface area contributed by atoms with Crippen LogP contribution in [-0.2, 0) is 6.54 Å². The van der Waals surface area contributed by atoms with E-state index in [0.29, 0.717) is 18.3 Å². The zero-order valence-corrected chi connectivity index (χ0v) is 22.3. The Bertz CT molecular complexity index is 1940. The van der Waals surface area contributed by atoms with Gasteiger partial charge in [-0.15, -0.1) is 0 Å². The molecule has 5 aromatic carbocycles. The second-order valence-corrected chi connectivity index (χ2v) is 9.66. The molecule has 0 fully saturated rings. The van der Waals surface area contributed by atoms with Crippen LogP contribution in [0.3, 0.4) is 0 Å². The Labute approximate surface area is 238 Å². The third-order valence-corrected chi connectivity index (χ3v) is 7.14. The highest BCUT2D eigenvalue weighted by molar-refractivity contribution is 6.16. The summed E-state index contributed by atoms with van der Waals surface area (Å²) in [4.78, 5) is 21.7. The van der Waals surface area contributed by atoms with Gasteiger partial charge in [-0.2, -0.15) is 4.99 Å². The van der Waals surface area contributed by atoms with Crippen molar-refractivity contribution in [3.05, 3.63) is 145 Å². The molecule has 0 amide bonds. The van der Waals surface area contributed by atoms with Crippen LogP contribution < -0.4 is 4.90 Å². The van der Waals surface area contributed by atoms with Crippen molar-refractivity contribution in [2.45, 2.75) is 6.54 Å². The van der Waals surface area contributed by atoms with Crippen molar-refractivity contribution >= 4 is 40.9 Å². The summed E-state index contributed by atoms with van der Waals surface area (Å²) in [6.07, 6.45) is 0. The average Bonchev–Trinajstić information content (AvgIpc) is 3.37. The van der Waals surface area contributed by atoms with Crippen molar-refractivity contribution in [2.24, 2.45) is 15.0 Å². The molecule has 0 bridgehead atoms. The normalized spacial score (nSPS) is 12.8. The lowest BCUT2D eigenvalue weighted by Crippen LogP contribution is -2.26. The van der Waals surface area contributed by atoms with Crippen LogP contribution in [0.25, 0.3) is 28.1 Å². The van der Waals surface area contributed by atoms with Crippen molar-refractivity contribution in [3.8, 4) is 17.1 Å². The number of anilines is 2. The minimum Gasteiger partial charge on any atom is -0.290 e. The van der Waals surface area contributed by atoms with E-state index in [1.807, 2.05) is 78.9 Å². The monoisotopic (exact) mass is 530 g/mol. The van der Waals surface area contributed by atoms with Gasteiger partial charge < -0.3 is 0 Å². The fourth-order valence-corrected chi connectivity index (χ4v) is 5.27. The fraction of sp³-hybridized carbons (Fsp3) is 0.0286. The van der Waals surface area contributed by atoms with E-state index < -0.39 is 0 Å². The molecule has 6 nitrogen and oxygen atoms in total. The summed E-state index contributed by atoms with van der Waals surface area (Å²) in [7, 11) is 0. The van der Waals surface area contributed by atoms with Gasteiger partial charge in [-0.05, 0) is 48.7 Å². The fourth-order valence-electron chi connectivity index (χ4n) is 5.27. The lowest BCUT2D eigenvalue weighted by Gasteiger charge is -2.26. The summed E-state index contributed by atoms with van der Waals surface area (Å²) in [6, 6.07) is 44.9. The van der Waals surface area contributed by atoms with E-state index in [-0.39, 0.29) is 0 Å². The molecule has 6 heteroatoms. The minimum atomic E-state index is 0.452. The number of nitrogens with zero attached hydrogens (tertiary/aromatic N) is 6. The quantitative estimate of drug-likeness (QED) is 0.173. The number of aromatic nitrogens is 2. The molecule has 7 rings (SSSR count). The lowest BCUT2D eigenvalue weighted by molar-refractivity contribution is 1.04. The first-order valence-electron chi connectivity index (χ1n) is 13.5. The Kier molecular flexibility index (Phi) is 6.26. The predicted molar refractivity (Wildman–Crippen MR) is 169 cm³/mol. The topological polar surface area (TPSA) is 58.1 Å². The van der Waals surface area contributed by atoms with Gasteiger partial charge in [0.2, 0.25) is 5.96 Å². The molecular weight excluding hydrogens is 504 g/mol. The molecule has 0 N–H and O–H groups in total. The highest BCUT2D eigenvalue weighted by Gasteiger charge is 2.30. The van der Waals surface area contributed by atoms with Crippen molar-refractivity contribution in [2.75, 3.05) is 4.90 Å². The number of hydrogen-bond donors (Lipinski definition) is 0. The zero-order chi connectivity index (χ0) is 27.6. The number of guanidine groups is 1. The van der Waals surface area contributed by atoms with Crippen LogP contribution in [0.1, 0.15) is 11.1 Å². The first kappa shape index (κ1) is 24.4. The van der Waals surface area contributed by atoms with Gasteiger partial charge in [0.25, 0.3) is 0 Å². The summed E-state index contributed by atoms with van der Waals surface area (Å²) < 4.78 is 2.23. The van der Waals surface area contributed by atoms with Crippen LogP contribution >= 0.6 is 0 Å². The Morgan fingerprint density at radius 3 is 2.07 bits per heavy atom. The predicted octanol–water partition coefficient (Wildman–Crippen LogP) is 7.85. The summed E-state index contributed by atoms with van der Waals surface area (Å²) in [6.45, 7) is 4.30. The van der Waals surface area contributed by atoms with Crippen molar-refractivity contribution in [1.29, 1.82) is 0 Å². The van der Waals surface area contributed by atoms with E-state index in [1.54, 1.807) is 0 Å². The van der Waals surface area contributed by atoms with E-state index in [4.69, 9.17) is 15.0 Å². The van der Waals surface area contributed by atoms with Gasteiger partial charge in [0.05, 0.1) is 34.6 Å². The molecule has 0 radical (unpaired) electrons. The molecule has 0 saturated heterocycles. The average molecular weight is 531 g/mol. The van der Waals surface area contributed by atoms with E-state index in [2.05, 4.69) is 75.8 Å². The van der Waals surface area contributed by atoms with Gasteiger partial charge in [-0.1, -0.05) is 97.1 Å². The number of amidine groups is 1. The molecular formula is C35H26N6. The molecule has 1 aliphatic rings. The van der Waals surface area contributed by atoms with Gasteiger partial charge >= 0.3 is 0 Å². The maximum absolute atomic E-state index is 5.12. The van der Waals surface area contributed by atoms with Gasteiger partial charge in [0, 0.05) is 11.1 Å². The van der Waals surface area contributed by atoms with Crippen LogP contribution in [0.15, 0.2) is 148 Å². The van der Waals surface area contributed by atoms with Gasteiger partial charge in [0.15, 0.2) is 5.84 Å². The van der Waals surface area contributed by atoms with E-state index >= 15 is 0 Å². The molecule has 2 heterocycles. The van der Waals surface area contributed by atoms with Crippen LogP contribution in [0.4, 0.5) is 11.4 Å². The first-order chi connectivity index (χ1) is 20.3. The first-order valence-corrected chi connectivity index (χ1v) is 13.5. The molecule has 0 atom stereocenters. The number of benzene rings is 5. The molecule has 0 unspecified atom stereocenters. The molecule has 0 saturated carbocycles. The van der Waals surface area contributed by atoms with Crippen LogP contribution in [-0.4, -0.2) is 28.1 Å². The second-order valence-electron chi connectivity index (χ2n) is 9.66. The molecule has 41 heavy (non-hydrogen) atoms. The minimum absolute atomic E-state index is 0.452. The van der Waals surface area contributed by atoms with E-state index in [1.165, 1.54) is 0 Å². The lowest BCUT2D eigenvalue weighted by atomic mass is 10.1. The summed E-state index contributed by atoms with van der Waals surface area (Å²) in [5, 5.41) is 0. The maximum Gasteiger partial charge on any atom is 0.232 e. The third kappa shape index (κ3) is 4.41. The van der Waals surface area contributed by atoms with Gasteiger partial charge in [-0.3, -0.25) is 9.47 Å². The number of para-hydroxylation sites is 5. The van der Waals surface area contributed by atoms with Crippen molar-refractivity contribution in [3.63, 3.8) is 0 Å². The highest BCUT2D eigenvalue weighted by atomic mass is 15.3. The maximum atomic E-state index is 5.12. The highest BCUT2D eigenvalue weighted by Crippen LogP contribution is 2.44. The summed E-state index contributed by atoms with van der Waals surface area (Å²) in [5.74, 6) is 1.88. The molecule has 196 valence electrons. The molecule has 0 spiro atoms. The number of fused-ring (bicyclic) bond motifs is 7. The number of rotatable bonds is 3. The number of hydrogen-bond acceptors (Lipinski definition) is 2. The summed E-state index contributed by atoms with van der Waals surface area (Å²) in [5.41, 5.74) is 7.77. The Hall–Kier alpha value is -5.62. The van der Waals surface area contributed by atoms with Crippen LogP contribution in [0.2, 0.25) is 0 Å². The van der Waals surface area contributed by atoms with E-state index in [9.17, 15) is 0 Å². The Morgan fingerprint density at radius 1 is 0.659 bits per heavy atom. The van der Waals surface area contributed by atoms with Gasteiger partial charge in [0.1, 0.15) is 5.82 Å². The second kappa shape index (κ2) is 10.5. The Balaban J connectivity index is 1.51. The molecule has 0 aliphatic carbocycles. The van der Waals surface area contributed by atoms with Crippen molar-refractivity contribution in [1.82, 2.24) is 9.55 Å². The van der Waals surface area contributed by atoms with Crippen molar-refractivity contribution < 1.29 is 0 Å². The molecule has 6 aromatic rings. The third-order valence-electron chi connectivity index (χ3n) is 7.14. The smallest absolute Gasteiger partial charge is 0.232 e. The Morgan fingerprint density at radius 2 is 1.29 bits per heavy atom. The molecule has 1 aromatic heterocycles. The van der Waals surface area contributed by atoms with Crippen LogP contribution in [0.5, 0.6) is 0 Å².